The summed E-state index contributed by atoms with van der Waals surface area (Å²) >= 11 is 0. The molecule has 0 radical (unpaired) electrons. The molecule has 0 spiro atoms. The third-order valence-corrected chi connectivity index (χ3v) is 8.20. The molecule has 1 aromatic carbocycles. The number of carbonyl (C=O) groups is 3. The predicted octanol–water partition coefficient (Wildman–Crippen LogP) is 2.81. The van der Waals surface area contributed by atoms with E-state index in [1.165, 1.54) is 18.0 Å². The average Bonchev–Trinajstić information content (AvgIpc) is 3.53. The number of amides is 3. The van der Waals surface area contributed by atoms with Crippen molar-refractivity contribution in [3.63, 3.8) is 0 Å². The van der Waals surface area contributed by atoms with Crippen molar-refractivity contribution in [1.29, 1.82) is 0 Å². The van der Waals surface area contributed by atoms with Crippen LogP contribution < -0.4 is 11.1 Å². The number of nitrogens with two attached hydrogens (primary N) is 1. The number of carbonyl (C=O) groups excluding carboxylic acids is 3. The van der Waals surface area contributed by atoms with E-state index in [4.69, 9.17) is 15.0 Å². The molecule has 40 heavy (non-hydrogen) atoms. The molecule has 0 aliphatic carbocycles. The summed E-state index contributed by atoms with van der Waals surface area (Å²) in [6.45, 7) is 9.15. The molecule has 3 N–H and O–H groups in total. The maximum Gasteiger partial charge on any atom is 0.481 e. The molecule has 3 amide bonds. The standard InChI is InChI=1S/C29H40BN5O5/c1-28(2)29(3,4)40-30(39-28)22(14-10-13-20-11-6-5-7-12-20)34-27(38)21(19-23(36)35-17-8-9-18-35)24-25(26(31)37)33-16-15-32-24/h5-7,11-12,15-16,21-22H,8-10,13-14,17-19H2,1-4H3,(H2,31,37)(H,34,38)/t21-,22+/m1/s1. The van der Waals surface area contributed by atoms with Gasteiger partial charge in [-0.15, -0.1) is 0 Å². The van der Waals surface area contributed by atoms with E-state index >= 15 is 0 Å². The molecule has 10 nitrogen and oxygen atoms in total. The number of aromatic nitrogens is 2. The molecule has 1 aromatic heterocycles. The fourth-order valence-corrected chi connectivity index (χ4v) is 5.16. The van der Waals surface area contributed by atoms with Gasteiger partial charge in [0.15, 0.2) is 0 Å². The summed E-state index contributed by atoms with van der Waals surface area (Å²) in [5.41, 5.74) is 5.57. The first-order valence-corrected chi connectivity index (χ1v) is 14.1. The zero-order chi connectivity index (χ0) is 28.9. The topological polar surface area (TPSA) is 137 Å². The summed E-state index contributed by atoms with van der Waals surface area (Å²) in [5, 5.41) is 3.10. The summed E-state index contributed by atoms with van der Waals surface area (Å²) in [6, 6.07) is 10.1. The van der Waals surface area contributed by atoms with Crippen molar-refractivity contribution in [2.45, 2.75) is 89.3 Å². The lowest BCUT2D eigenvalue weighted by atomic mass is 9.74. The van der Waals surface area contributed by atoms with Gasteiger partial charge < -0.3 is 25.3 Å². The number of nitrogens with one attached hydrogen (secondary N) is 1. The maximum atomic E-state index is 14.0. The fraction of sp³-hybridized carbons (Fsp3) is 0.552. The van der Waals surface area contributed by atoms with E-state index in [0.717, 1.165) is 25.7 Å². The number of hydrogen-bond acceptors (Lipinski definition) is 7. The lowest BCUT2D eigenvalue weighted by molar-refractivity contribution is -0.133. The number of nitrogens with zero attached hydrogens (tertiary/aromatic N) is 3. The molecule has 2 aromatic rings. The van der Waals surface area contributed by atoms with Gasteiger partial charge in [-0.05, 0) is 65.4 Å². The number of primary amides is 1. The second kappa shape index (κ2) is 12.5. The maximum absolute atomic E-state index is 14.0. The first-order chi connectivity index (χ1) is 19.0. The van der Waals surface area contributed by atoms with Crippen LogP contribution in [0.4, 0.5) is 0 Å². The molecule has 2 saturated heterocycles. The van der Waals surface area contributed by atoms with Crippen LogP contribution in [-0.2, 0) is 25.3 Å². The quantitative estimate of drug-likeness (QED) is 0.412. The van der Waals surface area contributed by atoms with Crippen LogP contribution >= 0.6 is 0 Å². The van der Waals surface area contributed by atoms with Gasteiger partial charge in [0, 0.05) is 31.9 Å². The Kier molecular flexibility index (Phi) is 9.25. The highest BCUT2D eigenvalue weighted by atomic mass is 16.7. The minimum atomic E-state index is -1.05. The van der Waals surface area contributed by atoms with Crippen LogP contribution in [0.25, 0.3) is 0 Å². The molecule has 0 saturated carbocycles. The Morgan fingerprint density at radius 2 is 1.65 bits per heavy atom. The minimum absolute atomic E-state index is 0.0944. The van der Waals surface area contributed by atoms with E-state index in [1.807, 2.05) is 45.9 Å². The van der Waals surface area contributed by atoms with E-state index in [-0.39, 0.29) is 23.7 Å². The van der Waals surface area contributed by atoms with Crippen LogP contribution in [0.3, 0.4) is 0 Å². The second-order valence-corrected chi connectivity index (χ2v) is 11.6. The number of benzene rings is 1. The van der Waals surface area contributed by atoms with Crippen molar-refractivity contribution in [1.82, 2.24) is 20.2 Å². The fourth-order valence-electron chi connectivity index (χ4n) is 5.16. The van der Waals surface area contributed by atoms with E-state index in [2.05, 4.69) is 27.4 Å². The number of aryl methyl sites for hydroxylation is 1. The van der Waals surface area contributed by atoms with Crippen LogP contribution in [-0.4, -0.2) is 69.9 Å². The van der Waals surface area contributed by atoms with Crippen LogP contribution in [0.2, 0.25) is 0 Å². The lowest BCUT2D eigenvalue weighted by Gasteiger charge is -2.32. The smallest absolute Gasteiger partial charge is 0.402 e. The van der Waals surface area contributed by atoms with Crippen molar-refractivity contribution in [2.75, 3.05) is 13.1 Å². The second-order valence-electron chi connectivity index (χ2n) is 11.6. The molecule has 2 aliphatic heterocycles. The highest BCUT2D eigenvalue weighted by Crippen LogP contribution is 2.38. The Morgan fingerprint density at radius 3 is 2.27 bits per heavy atom. The van der Waals surface area contributed by atoms with Gasteiger partial charge >= 0.3 is 7.12 Å². The van der Waals surface area contributed by atoms with Crippen molar-refractivity contribution >= 4 is 24.8 Å². The van der Waals surface area contributed by atoms with Crippen LogP contribution in [0, 0.1) is 0 Å². The Balaban J connectivity index is 1.59. The third kappa shape index (κ3) is 6.87. The largest absolute Gasteiger partial charge is 0.481 e. The molecule has 214 valence electrons. The zero-order valence-corrected chi connectivity index (χ0v) is 23.9. The van der Waals surface area contributed by atoms with Gasteiger partial charge in [0.25, 0.3) is 5.91 Å². The Bertz CT molecular complexity index is 1190. The number of likely N-dealkylation sites (tertiary alicyclic amines) is 1. The zero-order valence-electron chi connectivity index (χ0n) is 23.9. The molecular formula is C29H40BN5O5. The van der Waals surface area contributed by atoms with Gasteiger partial charge in [-0.3, -0.25) is 19.4 Å². The van der Waals surface area contributed by atoms with E-state index in [1.54, 1.807) is 4.90 Å². The Morgan fingerprint density at radius 1 is 1.02 bits per heavy atom. The van der Waals surface area contributed by atoms with E-state index in [0.29, 0.717) is 19.5 Å². The van der Waals surface area contributed by atoms with Crippen molar-refractivity contribution in [2.24, 2.45) is 5.73 Å². The highest BCUT2D eigenvalue weighted by molar-refractivity contribution is 6.48. The van der Waals surface area contributed by atoms with Gasteiger partial charge in [-0.25, -0.2) is 4.98 Å². The van der Waals surface area contributed by atoms with E-state index < -0.39 is 42.0 Å². The normalized spacial score (nSPS) is 19.3. The predicted molar refractivity (Wildman–Crippen MR) is 151 cm³/mol. The molecular weight excluding hydrogens is 509 g/mol. The summed E-state index contributed by atoms with van der Waals surface area (Å²) < 4.78 is 12.7. The third-order valence-electron chi connectivity index (χ3n) is 8.20. The summed E-state index contributed by atoms with van der Waals surface area (Å²) in [4.78, 5) is 49.5. The van der Waals surface area contributed by atoms with Crippen molar-refractivity contribution < 1.29 is 23.7 Å². The molecule has 11 heteroatoms. The highest BCUT2D eigenvalue weighted by Gasteiger charge is 2.54. The lowest BCUT2D eigenvalue weighted by Crippen LogP contribution is -2.50. The minimum Gasteiger partial charge on any atom is -0.402 e. The van der Waals surface area contributed by atoms with Gasteiger partial charge in [-0.2, -0.15) is 0 Å². The Hall–Kier alpha value is -3.31. The first kappa shape index (κ1) is 29.7. The van der Waals surface area contributed by atoms with Crippen molar-refractivity contribution in [3.8, 4) is 0 Å². The van der Waals surface area contributed by atoms with E-state index in [9.17, 15) is 14.4 Å². The molecule has 3 heterocycles. The number of hydrogen-bond donors (Lipinski definition) is 2. The molecule has 2 fully saturated rings. The van der Waals surface area contributed by atoms with Gasteiger partial charge in [-0.1, -0.05) is 30.3 Å². The van der Waals surface area contributed by atoms with Crippen LogP contribution in [0.15, 0.2) is 42.7 Å². The van der Waals surface area contributed by atoms with Gasteiger partial charge in [0.2, 0.25) is 11.8 Å². The van der Waals surface area contributed by atoms with Gasteiger partial charge in [0.1, 0.15) is 5.69 Å². The monoisotopic (exact) mass is 549 g/mol. The first-order valence-electron chi connectivity index (χ1n) is 14.1. The SMILES string of the molecule is CC1(C)OB([C@H](CCCc2ccccc2)NC(=O)[C@H](CC(=O)N2CCCC2)c2nccnc2C(N)=O)OC1(C)C. The molecule has 0 unspecified atom stereocenters. The average molecular weight is 549 g/mol. The number of rotatable bonds is 11. The summed E-state index contributed by atoms with van der Waals surface area (Å²) in [5.74, 6) is -2.98. The molecule has 0 bridgehead atoms. The molecule has 2 atom stereocenters. The summed E-state index contributed by atoms with van der Waals surface area (Å²) in [7, 11) is -0.697. The Labute approximate surface area is 236 Å². The summed E-state index contributed by atoms with van der Waals surface area (Å²) in [6.07, 6.45) is 6.61. The molecule has 2 aliphatic rings. The van der Waals surface area contributed by atoms with Gasteiger partial charge in [0.05, 0.1) is 28.8 Å². The van der Waals surface area contributed by atoms with Crippen molar-refractivity contribution in [3.05, 3.63) is 59.7 Å². The van der Waals surface area contributed by atoms with Crippen LogP contribution in [0.5, 0.6) is 0 Å². The molecule has 4 rings (SSSR count). The van der Waals surface area contributed by atoms with Crippen LogP contribution in [0.1, 0.15) is 87.5 Å².